The summed E-state index contributed by atoms with van der Waals surface area (Å²) in [5, 5.41) is 10.8. The minimum absolute atomic E-state index is 0.0463. The summed E-state index contributed by atoms with van der Waals surface area (Å²) in [5.74, 6) is 1.62. The summed E-state index contributed by atoms with van der Waals surface area (Å²) in [6.07, 6.45) is -0.321. The van der Waals surface area contributed by atoms with Crippen LogP contribution < -0.4 is 9.64 Å². The molecule has 1 aliphatic rings. The number of carbonyl (C=O) groups excluding carboxylic acids is 1. The second-order valence-corrected chi connectivity index (χ2v) is 8.59. The lowest BCUT2D eigenvalue weighted by atomic mass is 10.1. The van der Waals surface area contributed by atoms with Gasteiger partial charge in [-0.25, -0.2) is 4.98 Å². The first-order chi connectivity index (χ1) is 16.1. The van der Waals surface area contributed by atoms with E-state index in [-0.39, 0.29) is 18.4 Å². The van der Waals surface area contributed by atoms with E-state index in [1.54, 1.807) is 0 Å². The first-order valence-corrected chi connectivity index (χ1v) is 11.3. The highest BCUT2D eigenvalue weighted by atomic mass is 16.5. The van der Waals surface area contributed by atoms with E-state index >= 15 is 0 Å². The summed E-state index contributed by atoms with van der Waals surface area (Å²) in [6, 6.07) is 25.4. The van der Waals surface area contributed by atoms with Gasteiger partial charge in [-0.05, 0) is 48.9 Å². The number of amides is 1. The molecule has 1 aliphatic heterocycles. The van der Waals surface area contributed by atoms with Crippen LogP contribution in [0.3, 0.4) is 0 Å². The van der Waals surface area contributed by atoms with Crippen molar-refractivity contribution in [1.82, 2.24) is 9.55 Å². The predicted molar refractivity (Wildman–Crippen MR) is 129 cm³/mol. The maximum Gasteiger partial charge on any atom is 0.227 e. The molecule has 1 saturated heterocycles. The van der Waals surface area contributed by atoms with E-state index < -0.39 is 6.10 Å². The van der Waals surface area contributed by atoms with Crippen LogP contribution in [0.2, 0.25) is 0 Å². The zero-order valence-corrected chi connectivity index (χ0v) is 18.6. The van der Waals surface area contributed by atoms with Crippen molar-refractivity contribution in [2.75, 3.05) is 18.1 Å². The third kappa shape index (κ3) is 4.47. The van der Waals surface area contributed by atoms with Gasteiger partial charge in [0, 0.05) is 24.6 Å². The second-order valence-electron chi connectivity index (χ2n) is 8.59. The minimum atomic E-state index is -0.718. The first-order valence-electron chi connectivity index (χ1n) is 11.3. The summed E-state index contributed by atoms with van der Waals surface area (Å²) in [5.41, 5.74) is 3.83. The van der Waals surface area contributed by atoms with Crippen LogP contribution in [0.5, 0.6) is 5.75 Å². The molecule has 2 heterocycles. The average Bonchev–Trinajstić information content (AvgIpc) is 3.39. The quantitative estimate of drug-likeness (QED) is 0.464. The molecule has 3 aromatic carbocycles. The van der Waals surface area contributed by atoms with Crippen molar-refractivity contribution in [3.8, 4) is 5.75 Å². The van der Waals surface area contributed by atoms with Crippen LogP contribution in [0.1, 0.15) is 23.7 Å². The monoisotopic (exact) mass is 441 g/mol. The topological polar surface area (TPSA) is 67.6 Å². The first kappa shape index (κ1) is 21.2. The number of ether oxygens (including phenoxy) is 1. The lowest BCUT2D eigenvalue weighted by Gasteiger charge is -2.19. The zero-order chi connectivity index (χ0) is 22.8. The molecule has 168 valence electrons. The maximum absolute atomic E-state index is 12.8. The molecule has 0 bridgehead atoms. The molecule has 5 rings (SSSR count). The van der Waals surface area contributed by atoms with Crippen LogP contribution >= 0.6 is 0 Å². The Morgan fingerprint density at radius 1 is 1.06 bits per heavy atom. The SMILES string of the molecule is Cc1cccc(OC[C@@H](O)Cn2c([C@H]3CC(=O)N(c4ccccc4)C3)nc3ccccc32)c1. The normalized spacial score (nSPS) is 17.0. The predicted octanol–water partition coefficient (Wildman–Crippen LogP) is 4.31. The third-order valence-corrected chi connectivity index (χ3v) is 6.07. The molecular formula is C27H27N3O3. The number of rotatable bonds is 7. The Morgan fingerprint density at radius 3 is 2.67 bits per heavy atom. The fourth-order valence-electron chi connectivity index (χ4n) is 4.50. The third-order valence-electron chi connectivity index (χ3n) is 6.07. The van der Waals surface area contributed by atoms with Gasteiger partial charge in [-0.2, -0.15) is 0 Å². The number of aliphatic hydroxyl groups is 1. The number of para-hydroxylation sites is 3. The summed E-state index contributed by atoms with van der Waals surface area (Å²) >= 11 is 0. The Labute approximate surface area is 193 Å². The number of aliphatic hydroxyl groups excluding tert-OH is 1. The minimum Gasteiger partial charge on any atom is -0.491 e. The van der Waals surface area contributed by atoms with Crippen molar-refractivity contribution in [1.29, 1.82) is 0 Å². The van der Waals surface area contributed by atoms with Gasteiger partial charge in [-0.1, -0.05) is 42.5 Å². The summed E-state index contributed by atoms with van der Waals surface area (Å²) in [4.78, 5) is 19.5. The van der Waals surface area contributed by atoms with Crippen molar-refractivity contribution < 1.29 is 14.6 Å². The molecule has 1 amide bonds. The molecule has 0 radical (unpaired) electrons. The van der Waals surface area contributed by atoms with Crippen molar-refractivity contribution in [2.45, 2.75) is 31.9 Å². The highest BCUT2D eigenvalue weighted by Gasteiger charge is 2.35. The summed E-state index contributed by atoms with van der Waals surface area (Å²) < 4.78 is 7.87. The maximum atomic E-state index is 12.8. The number of aryl methyl sites for hydroxylation is 1. The molecule has 0 unspecified atom stereocenters. The van der Waals surface area contributed by atoms with Crippen LogP contribution in [0.4, 0.5) is 5.69 Å². The number of anilines is 1. The van der Waals surface area contributed by atoms with Gasteiger partial charge < -0.3 is 19.3 Å². The lowest BCUT2D eigenvalue weighted by molar-refractivity contribution is -0.117. The van der Waals surface area contributed by atoms with Gasteiger partial charge in [0.1, 0.15) is 24.3 Å². The number of hydrogen-bond acceptors (Lipinski definition) is 4. The number of imidazole rings is 1. The molecule has 0 aliphatic carbocycles. The van der Waals surface area contributed by atoms with Gasteiger partial charge >= 0.3 is 0 Å². The Hall–Kier alpha value is -3.64. The zero-order valence-electron chi connectivity index (χ0n) is 18.6. The number of carbonyl (C=O) groups is 1. The molecule has 33 heavy (non-hydrogen) atoms. The van der Waals surface area contributed by atoms with Crippen LogP contribution in [0.15, 0.2) is 78.9 Å². The number of benzene rings is 3. The van der Waals surface area contributed by atoms with Gasteiger partial charge in [-0.3, -0.25) is 4.79 Å². The van der Waals surface area contributed by atoms with Crippen LogP contribution in [-0.2, 0) is 11.3 Å². The molecule has 1 fully saturated rings. The molecule has 4 aromatic rings. The fraction of sp³-hybridized carbons (Fsp3) is 0.259. The van der Waals surface area contributed by atoms with E-state index in [1.165, 1.54) is 0 Å². The molecule has 6 heteroatoms. The van der Waals surface area contributed by atoms with Gasteiger partial charge in [0.2, 0.25) is 5.91 Å². The highest BCUT2D eigenvalue weighted by molar-refractivity contribution is 5.96. The molecule has 0 saturated carbocycles. The van der Waals surface area contributed by atoms with Crippen LogP contribution in [0.25, 0.3) is 11.0 Å². The summed E-state index contributed by atoms with van der Waals surface area (Å²) in [6.45, 7) is 3.10. The van der Waals surface area contributed by atoms with Crippen LogP contribution in [-0.4, -0.2) is 39.8 Å². The smallest absolute Gasteiger partial charge is 0.227 e. The van der Waals surface area contributed by atoms with Gasteiger partial charge in [0.15, 0.2) is 0 Å². The van der Waals surface area contributed by atoms with Crippen molar-refractivity contribution in [3.05, 3.63) is 90.3 Å². The lowest BCUT2D eigenvalue weighted by Crippen LogP contribution is -2.26. The molecule has 1 aromatic heterocycles. The molecule has 1 N–H and O–H groups in total. The molecule has 6 nitrogen and oxygen atoms in total. The average molecular weight is 442 g/mol. The van der Waals surface area contributed by atoms with Crippen molar-refractivity contribution in [3.63, 3.8) is 0 Å². The largest absolute Gasteiger partial charge is 0.491 e. The van der Waals surface area contributed by atoms with E-state index in [2.05, 4.69) is 0 Å². The number of nitrogens with zero attached hydrogens (tertiary/aromatic N) is 3. The van der Waals surface area contributed by atoms with Crippen LogP contribution in [0, 0.1) is 6.92 Å². The Kier molecular flexibility index (Phi) is 5.84. The Balaban J connectivity index is 1.38. The second kappa shape index (κ2) is 9.08. The Bertz CT molecular complexity index is 1270. The fourth-order valence-corrected chi connectivity index (χ4v) is 4.50. The number of fused-ring (bicyclic) bond motifs is 1. The van der Waals surface area contributed by atoms with Gasteiger partial charge in [0.25, 0.3) is 0 Å². The molecule has 2 atom stereocenters. The summed E-state index contributed by atoms with van der Waals surface area (Å²) in [7, 11) is 0. The van der Waals surface area contributed by atoms with Gasteiger partial charge in [0.05, 0.1) is 17.6 Å². The van der Waals surface area contributed by atoms with E-state index in [9.17, 15) is 9.90 Å². The highest BCUT2D eigenvalue weighted by Crippen LogP contribution is 2.33. The Morgan fingerprint density at radius 2 is 1.85 bits per heavy atom. The van der Waals surface area contributed by atoms with Crippen molar-refractivity contribution in [2.24, 2.45) is 0 Å². The number of hydrogen-bond donors (Lipinski definition) is 1. The molecule has 0 spiro atoms. The van der Waals surface area contributed by atoms with E-state index in [0.29, 0.717) is 19.5 Å². The van der Waals surface area contributed by atoms with E-state index in [0.717, 1.165) is 33.9 Å². The standard InChI is InChI=1S/C27H27N3O3/c1-19-8-7-11-23(14-19)33-18-22(31)17-30-25-13-6-5-12-24(25)28-27(30)20-15-26(32)29(16-20)21-9-3-2-4-10-21/h2-14,20,22,31H,15-18H2,1H3/t20-,22-/m0/s1. The molecular weight excluding hydrogens is 414 g/mol. The van der Waals surface area contributed by atoms with E-state index in [4.69, 9.17) is 9.72 Å². The number of aromatic nitrogens is 2. The van der Waals surface area contributed by atoms with Crippen molar-refractivity contribution >= 4 is 22.6 Å². The van der Waals surface area contributed by atoms with Gasteiger partial charge in [-0.15, -0.1) is 0 Å². The van der Waals surface area contributed by atoms with E-state index in [1.807, 2.05) is 95.3 Å².